The van der Waals surface area contributed by atoms with Gasteiger partial charge in [0.2, 0.25) is 0 Å². The van der Waals surface area contributed by atoms with E-state index in [0.717, 1.165) is 36.8 Å². The van der Waals surface area contributed by atoms with Gasteiger partial charge in [0.25, 0.3) is 0 Å². The third-order valence-electron chi connectivity index (χ3n) is 5.98. The molecule has 3 atom stereocenters. The number of benzene rings is 3. The van der Waals surface area contributed by atoms with Gasteiger partial charge in [-0.2, -0.15) is 0 Å². The molecule has 3 unspecified atom stereocenters. The minimum Gasteiger partial charge on any atom is -0.465 e. The van der Waals surface area contributed by atoms with Crippen LogP contribution < -0.4 is 9.61 Å². The van der Waals surface area contributed by atoms with Crippen molar-refractivity contribution in [3.63, 3.8) is 0 Å². The van der Waals surface area contributed by atoms with Crippen LogP contribution in [0.1, 0.15) is 50.7 Å². The maximum absolute atomic E-state index is 12.9. The summed E-state index contributed by atoms with van der Waals surface area (Å²) >= 11 is 3.36. The summed E-state index contributed by atoms with van der Waals surface area (Å²) in [6.45, 7) is 6.45. The molecule has 9 heteroatoms. The molecule has 0 spiro atoms. The highest BCUT2D eigenvalue weighted by molar-refractivity contribution is 9.10. The molecule has 0 radical (unpaired) electrons. The van der Waals surface area contributed by atoms with Crippen LogP contribution in [0.25, 0.3) is 0 Å². The third kappa shape index (κ3) is 14.8. The molecule has 0 fully saturated rings. The van der Waals surface area contributed by atoms with E-state index in [2.05, 4.69) is 27.9 Å². The molecule has 3 rings (SSSR count). The third-order valence-corrected chi connectivity index (χ3v) is 8.02. The van der Waals surface area contributed by atoms with Crippen molar-refractivity contribution in [3.05, 3.63) is 102 Å². The normalized spacial score (nSPS) is 13.4. The highest BCUT2D eigenvalue weighted by atomic mass is 79.9. The zero-order valence-electron chi connectivity index (χ0n) is 24.7. The molecule has 0 aliphatic rings. The first kappa shape index (κ1) is 35.3. The first-order chi connectivity index (χ1) is 20.2. The molecule has 0 saturated carbocycles. The fraction of sp³-hybridized carbons (Fsp3) is 0.394. The second-order valence-electron chi connectivity index (χ2n) is 9.82. The number of halogens is 1. The SMILES string of the molecule is CCCCOC(=O)C(Br)Cc1ccccc1.CCCCOC(=O)C(Cc1ccccc1)NP(C)(=O)Oc1ccccc1. The molecule has 0 aliphatic heterocycles. The summed E-state index contributed by atoms with van der Waals surface area (Å²) in [5, 5.41) is 2.88. The highest BCUT2D eigenvalue weighted by Gasteiger charge is 2.29. The van der Waals surface area contributed by atoms with Crippen molar-refractivity contribution >= 4 is 35.4 Å². The first-order valence-corrected chi connectivity index (χ1v) is 17.4. The number of alkyl halides is 1. The Hall–Kier alpha value is -2.93. The zero-order chi connectivity index (χ0) is 30.6. The average molecular weight is 661 g/mol. The first-order valence-electron chi connectivity index (χ1n) is 14.4. The molecule has 42 heavy (non-hydrogen) atoms. The van der Waals surface area contributed by atoms with E-state index in [4.69, 9.17) is 14.0 Å². The van der Waals surface area contributed by atoms with Gasteiger partial charge in [0.1, 0.15) is 16.6 Å². The number of para-hydroxylation sites is 1. The molecule has 0 heterocycles. The summed E-state index contributed by atoms with van der Waals surface area (Å²) in [6, 6.07) is 27.6. The molecule has 0 aromatic heterocycles. The quantitative estimate of drug-likeness (QED) is 0.0727. The summed E-state index contributed by atoms with van der Waals surface area (Å²) in [7, 11) is -3.25. The fourth-order valence-electron chi connectivity index (χ4n) is 3.75. The number of rotatable bonds is 16. The smallest absolute Gasteiger partial charge is 0.323 e. The molecule has 0 aliphatic carbocycles. The standard InChI is InChI=1S/C20H26NO4P.C13H17BrO2/c1-3-4-15-24-20(22)19(16-17-11-7-5-8-12-17)21-26(2,23)25-18-13-9-6-10-14-18;1-2-3-9-16-13(15)12(14)10-11-7-5-4-6-8-11/h5-14,19H,3-4,15-16H2,1-2H3,(H,21,23);4-8,12H,2-3,9-10H2,1H3. The molecule has 0 bridgehead atoms. The van der Waals surface area contributed by atoms with Crippen LogP contribution in [0.4, 0.5) is 0 Å². The molecule has 1 N–H and O–H groups in total. The highest BCUT2D eigenvalue weighted by Crippen LogP contribution is 2.39. The summed E-state index contributed by atoms with van der Waals surface area (Å²) in [5.74, 6) is -0.0954. The Balaban J connectivity index is 0.000000330. The number of nitrogens with one attached hydrogen (secondary N) is 1. The number of hydrogen-bond donors (Lipinski definition) is 1. The Labute approximate surface area is 259 Å². The van der Waals surface area contributed by atoms with Gasteiger partial charge in [-0.1, -0.05) is 121 Å². The summed E-state index contributed by atoms with van der Waals surface area (Å²) in [6.07, 6.45) is 4.75. The van der Waals surface area contributed by atoms with Crippen LogP contribution >= 0.6 is 23.4 Å². The van der Waals surface area contributed by atoms with Crippen LogP contribution in [-0.4, -0.2) is 42.7 Å². The minimum atomic E-state index is -3.25. The summed E-state index contributed by atoms with van der Waals surface area (Å²) in [4.78, 5) is 23.8. The van der Waals surface area contributed by atoms with Gasteiger partial charge >= 0.3 is 19.5 Å². The molecular formula is C33H43BrNO6P. The molecule has 228 valence electrons. The van der Waals surface area contributed by atoms with Crippen molar-refractivity contribution in [1.29, 1.82) is 0 Å². The van der Waals surface area contributed by atoms with Crippen LogP contribution in [0, 0.1) is 0 Å². The van der Waals surface area contributed by atoms with Crippen molar-refractivity contribution in [1.82, 2.24) is 5.09 Å². The second kappa shape index (κ2) is 20.1. The van der Waals surface area contributed by atoms with Gasteiger partial charge in [0.15, 0.2) is 0 Å². The molecule has 7 nitrogen and oxygen atoms in total. The van der Waals surface area contributed by atoms with Gasteiger partial charge in [0.05, 0.1) is 13.2 Å². The van der Waals surface area contributed by atoms with E-state index < -0.39 is 19.5 Å². The van der Waals surface area contributed by atoms with E-state index in [9.17, 15) is 14.2 Å². The van der Waals surface area contributed by atoms with Crippen LogP contribution in [0.5, 0.6) is 5.75 Å². The zero-order valence-corrected chi connectivity index (χ0v) is 27.2. The topological polar surface area (TPSA) is 90.9 Å². The van der Waals surface area contributed by atoms with Gasteiger partial charge in [-0.05, 0) is 48.9 Å². The number of hydrogen-bond acceptors (Lipinski definition) is 6. The predicted octanol–water partition coefficient (Wildman–Crippen LogP) is 7.77. The largest absolute Gasteiger partial charge is 0.465 e. The van der Waals surface area contributed by atoms with Crippen LogP contribution in [0.2, 0.25) is 0 Å². The molecule has 3 aromatic carbocycles. The van der Waals surface area contributed by atoms with Gasteiger partial charge in [-0.25, -0.2) is 5.09 Å². The molecule has 0 saturated heterocycles. The van der Waals surface area contributed by atoms with Crippen LogP contribution in [-0.2, 0) is 36.5 Å². The lowest BCUT2D eigenvalue weighted by Gasteiger charge is -2.23. The second-order valence-corrected chi connectivity index (χ2v) is 13.1. The molecular weight excluding hydrogens is 617 g/mol. The fourth-order valence-corrected chi connectivity index (χ4v) is 5.60. The maximum atomic E-state index is 12.9. The summed E-state index contributed by atoms with van der Waals surface area (Å²) in [5.41, 5.74) is 2.09. The van der Waals surface area contributed by atoms with Crippen LogP contribution in [0.15, 0.2) is 91.0 Å². The molecule has 0 amide bonds. The number of ether oxygens (including phenoxy) is 2. The van der Waals surface area contributed by atoms with E-state index in [0.29, 0.717) is 31.8 Å². The monoisotopic (exact) mass is 659 g/mol. The number of carbonyl (C=O) groups excluding carboxylic acids is 2. The van der Waals surface area contributed by atoms with E-state index in [1.54, 1.807) is 24.3 Å². The van der Waals surface area contributed by atoms with Crippen molar-refractivity contribution in [2.45, 2.75) is 63.2 Å². The molecule has 3 aromatic rings. The van der Waals surface area contributed by atoms with Gasteiger partial charge in [-0.3, -0.25) is 14.2 Å². The Morgan fingerprint density at radius 2 is 1.19 bits per heavy atom. The number of esters is 2. The lowest BCUT2D eigenvalue weighted by Crippen LogP contribution is -2.39. The van der Waals surface area contributed by atoms with E-state index in [-0.39, 0.29) is 10.8 Å². The van der Waals surface area contributed by atoms with E-state index in [1.165, 1.54) is 6.66 Å². The van der Waals surface area contributed by atoms with Gasteiger partial charge in [-0.15, -0.1) is 0 Å². The van der Waals surface area contributed by atoms with Crippen molar-refractivity contribution in [2.75, 3.05) is 19.9 Å². The van der Waals surface area contributed by atoms with Gasteiger partial charge in [0, 0.05) is 6.66 Å². The van der Waals surface area contributed by atoms with E-state index in [1.807, 2.05) is 73.7 Å². The van der Waals surface area contributed by atoms with Gasteiger partial charge < -0.3 is 14.0 Å². The average Bonchev–Trinajstić information content (AvgIpc) is 2.98. The lowest BCUT2D eigenvalue weighted by atomic mass is 10.1. The predicted molar refractivity (Wildman–Crippen MR) is 172 cm³/mol. The van der Waals surface area contributed by atoms with Crippen molar-refractivity contribution in [3.8, 4) is 5.75 Å². The number of unbranched alkanes of at least 4 members (excludes halogenated alkanes) is 2. The Morgan fingerprint density at radius 3 is 1.69 bits per heavy atom. The maximum Gasteiger partial charge on any atom is 0.323 e. The van der Waals surface area contributed by atoms with Crippen molar-refractivity contribution < 1.29 is 28.2 Å². The lowest BCUT2D eigenvalue weighted by molar-refractivity contribution is -0.146. The Bertz CT molecular complexity index is 1210. The Morgan fingerprint density at radius 1 is 0.738 bits per heavy atom. The minimum absolute atomic E-state index is 0.169. The van der Waals surface area contributed by atoms with E-state index >= 15 is 0 Å². The number of carbonyl (C=O) groups is 2. The van der Waals surface area contributed by atoms with Crippen molar-refractivity contribution in [2.24, 2.45) is 0 Å². The van der Waals surface area contributed by atoms with Crippen LogP contribution in [0.3, 0.4) is 0 Å². The summed E-state index contributed by atoms with van der Waals surface area (Å²) < 4.78 is 28.9. The Kier molecular flexibility index (Phi) is 16.8.